The molecule has 0 saturated heterocycles. The number of amides is 1. The Balaban J connectivity index is 2.61. The predicted molar refractivity (Wildman–Crippen MR) is 67.5 cm³/mol. The van der Waals surface area contributed by atoms with Gasteiger partial charge < -0.3 is 5.32 Å². The topological polar surface area (TPSA) is 29.1 Å². The number of nitrogens with one attached hydrogen (secondary N) is 1. The first-order valence-corrected chi connectivity index (χ1v) is 5.14. The van der Waals surface area contributed by atoms with E-state index >= 15 is 0 Å². The zero-order valence-corrected chi connectivity index (χ0v) is 9.16. The molecule has 80 valence electrons. The van der Waals surface area contributed by atoms with Crippen molar-refractivity contribution in [2.45, 2.75) is 6.92 Å². The van der Waals surface area contributed by atoms with Crippen molar-refractivity contribution in [3.05, 3.63) is 54.6 Å². The molecule has 2 aromatic carbocycles. The van der Waals surface area contributed by atoms with Gasteiger partial charge in [0.15, 0.2) is 0 Å². The molecular weight excluding hydrogens is 198 g/mol. The number of carbonyl (C=O) groups excluding carboxylic acids is 1. The minimum absolute atomic E-state index is 0.181. The van der Waals surface area contributed by atoms with Crippen molar-refractivity contribution in [3.8, 4) is 0 Å². The van der Waals surface area contributed by atoms with Crippen molar-refractivity contribution in [2.75, 3.05) is 5.32 Å². The Kier molecular flexibility index (Phi) is 2.73. The Hall–Kier alpha value is -2.09. The van der Waals surface area contributed by atoms with Crippen LogP contribution in [0.4, 0.5) is 5.69 Å². The van der Waals surface area contributed by atoms with Crippen LogP contribution in [0.2, 0.25) is 0 Å². The van der Waals surface area contributed by atoms with Gasteiger partial charge in [0.1, 0.15) is 0 Å². The summed E-state index contributed by atoms with van der Waals surface area (Å²) in [4.78, 5) is 11.3. The van der Waals surface area contributed by atoms with Gasteiger partial charge >= 0.3 is 0 Å². The number of hydrogen-bond donors (Lipinski definition) is 1. The summed E-state index contributed by atoms with van der Waals surface area (Å²) in [6, 6.07) is 12.0. The van der Waals surface area contributed by atoms with E-state index in [9.17, 15) is 4.79 Å². The smallest absolute Gasteiger partial charge is 0.247 e. The molecule has 0 aliphatic carbocycles. The molecule has 0 aromatic heterocycles. The standard InChI is InChI=1S/C14H13NO/c1-3-13(16)15-14-10(2)8-9-11-6-4-5-7-12(11)14/h3-9H,1H2,2H3,(H,15,16). The molecule has 0 aliphatic heterocycles. The zero-order chi connectivity index (χ0) is 11.5. The van der Waals surface area contributed by atoms with E-state index in [-0.39, 0.29) is 5.91 Å². The maximum atomic E-state index is 11.3. The van der Waals surface area contributed by atoms with Gasteiger partial charge in [0.2, 0.25) is 5.91 Å². The monoisotopic (exact) mass is 211 g/mol. The average molecular weight is 211 g/mol. The molecule has 2 rings (SSSR count). The van der Waals surface area contributed by atoms with Crippen molar-refractivity contribution < 1.29 is 4.79 Å². The fourth-order valence-corrected chi connectivity index (χ4v) is 1.72. The molecule has 0 unspecified atom stereocenters. The Morgan fingerprint density at radius 1 is 1.25 bits per heavy atom. The van der Waals surface area contributed by atoms with Crippen molar-refractivity contribution in [2.24, 2.45) is 0 Å². The number of carbonyl (C=O) groups is 1. The van der Waals surface area contributed by atoms with Gasteiger partial charge in [-0.05, 0) is 23.9 Å². The Morgan fingerprint density at radius 3 is 2.75 bits per heavy atom. The van der Waals surface area contributed by atoms with E-state index in [1.165, 1.54) is 6.08 Å². The number of benzene rings is 2. The van der Waals surface area contributed by atoms with Crippen LogP contribution in [0.25, 0.3) is 10.8 Å². The maximum Gasteiger partial charge on any atom is 0.247 e. The fraction of sp³-hybridized carbons (Fsp3) is 0.0714. The molecule has 0 fully saturated rings. The quantitative estimate of drug-likeness (QED) is 0.759. The molecule has 2 nitrogen and oxygen atoms in total. The van der Waals surface area contributed by atoms with Crippen molar-refractivity contribution in [1.82, 2.24) is 0 Å². The highest BCUT2D eigenvalue weighted by Gasteiger charge is 2.05. The van der Waals surface area contributed by atoms with E-state index in [1.54, 1.807) is 0 Å². The third-order valence-corrected chi connectivity index (χ3v) is 2.57. The number of rotatable bonds is 2. The largest absolute Gasteiger partial charge is 0.322 e. The summed E-state index contributed by atoms with van der Waals surface area (Å²) in [7, 11) is 0. The molecule has 0 bridgehead atoms. The van der Waals surface area contributed by atoms with Crippen LogP contribution in [0.1, 0.15) is 5.56 Å². The van der Waals surface area contributed by atoms with Crippen LogP contribution in [0, 0.1) is 6.92 Å². The van der Waals surface area contributed by atoms with E-state index in [0.717, 1.165) is 22.0 Å². The van der Waals surface area contributed by atoms with E-state index in [0.29, 0.717) is 0 Å². The molecule has 16 heavy (non-hydrogen) atoms. The zero-order valence-electron chi connectivity index (χ0n) is 9.16. The number of anilines is 1. The Labute approximate surface area is 94.6 Å². The lowest BCUT2D eigenvalue weighted by molar-refractivity contribution is -0.111. The molecule has 0 aliphatic rings. The number of aryl methyl sites for hydroxylation is 1. The minimum atomic E-state index is -0.181. The molecule has 0 radical (unpaired) electrons. The van der Waals surface area contributed by atoms with Gasteiger partial charge in [-0.2, -0.15) is 0 Å². The van der Waals surface area contributed by atoms with Gasteiger partial charge in [-0.3, -0.25) is 4.79 Å². The minimum Gasteiger partial charge on any atom is -0.322 e. The first kappa shape index (κ1) is 10.4. The molecule has 0 saturated carbocycles. The van der Waals surface area contributed by atoms with E-state index in [1.807, 2.05) is 43.3 Å². The summed E-state index contributed by atoms with van der Waals surface area (Å²) in [6.07, 6.45) is 1.28. The normalized spacial score (nSPS) is 10.1. The summed E-state index contributed by atoms with van der Waals surface area (Å²) in [6.45, 7) is 5.43. The third kappa shape index (κ3) is 1.82. The molecule has 1 amide bonds. The lowest BCUT2D eigenvalue weighted by Crippen LogP contribution is -2.08. The van der Waals surface area contributed by atoms with Crippen LogP contribution in [0.15, 0.2) is 49.1 Å². The molecular formula is C14H13NO. The fourth-order valence-electron chi connectivity index (χ4n) is 1.72. The summed E-state index contributed by atoms with van der Waals surface area (Å²) in [5, 5.41) is 5.02. The van der Waals surface area contributed by atoms with Gasteiger partial charge in [-0.1, -0.05) is 43.0 Å². The summed E-state index contributed by atoms with van der Waals surface area (Å²) in [5.74, 6) is -0.181. The maximum absolute atomic E-state index is 11.3. The first-order valence-electron chi connectivity index (χ1n) is 5.14. The van der Waals surface area contributed by atoms with E-state index < -0.39 is 0 Å². The molecule has 0 spiro atoms. The lowest BCUT2D eigenvalue weighted by Gasteiger charge is -2.10. The van der Waals surface area contributed by atoms with Crippen LogP contribution in [0.5, 0.6) is 0 Å². The van der Waals surface area contributed by atoms with Crippen molar-refractivity contribution >= 4 is 22.4 Å². The lowest BCUT2D eigenvalue weighted by atomic mass is 10.0. The predicted octanol–water partition coefficient (Wildman–Crippen LogP) is 3.27. The third-order valence-electron chi connectivity index (χ3n) is 2.57. The van der Waals surface area contributed by atoms with Crippen LogP contribution < -0.4 is 5.32 Å². The highest BCUT2D eigenvalue weighted by Crippen LogP contribution is 2.26. The van der Waals surface area contributed by atoms with Crippen LogP contribution >= 0.6 is 0 Å². The summed E-state index contributed by atoms with van der Waals surface area (Å²) < 4.78 is 0. The van der Waals surface area contributed by atoms with Gasteiger partial charge in [0.25, 0.3) is 0 Å². The van der Waals surface area contributed by atoms with E-state index in [4.69, 9.17) is 0 Å². The van der Waals surface area contributed by atoms with Crippen LogP contribution in [-0.2, 0) is 4.79 Å². The Morgan fingerprint density at radius 2 is 2.00 bits per heavy atom. The second-order valence-corrected chi connectivity index (χ2v) is 3.67. The van der Waals surface area contributed by atoms with E-state index in [2.05, 4.69) is 11.9 Å². The summed E-state index contributed by atoms with van der Waals surface area (Å²) in [5.41, 5.74) is 1.91. The van der Waals surface area contributed by atoms with Crippen LogP contribution in [0.3, 0.4) is 0 Å². The molecule has 1 N–H and O–H groups in total. The van der Waals surface area contributed by atoms with Crippen molar-refractivity contribution in [3.63, 3.8) is 0 Å². The summed E-state index contributed by atoms with van der Waals surface area (Å²) >= 11 is 0. The van der Waals surface area contributed by atoms with Crippen molar-refractivity contribution in [1.29, 1.82) is 0 Å². The average Bonchev–Trinajstić information content (AvgIpc) is 2.32. The molecule has 2 aromatic rings. The molecule has 0 atom stereocenters. The van der Waals surface area contributed by atoms with Gasteiger partial charge in [-0.15, -0.1) is 0 Å². The van der Waals surface area contributed by atoms with Gasteiger partial charge in [0, 0.05) is 5.39 Å². The second kappa shape index (κ2) is 4.19. The first-order chi connectivity index (χ1) is 7.72. The SMILES string of the molecule is C=CC(=O)Nc1c(C)ccc2ccccc12. The molecule has 0 heterocycles. The highest BCUT2D eigenvalue weighted by molar-refractivity contribution is 6.06. The van der Waals surface area contributed by atoms with Gasteiger partial charge in [0.05, 0.1) is 5.69 Å². The van der Waals surface area contributed by atoms with Gasteiger partial charge in [-0.25, -0.2) is 0 Å². The second-order valence-electron chi connectivity index (χ2n) is 3.67. The van der Waals surface area contributed by atoms with Crippen LogP contribution in [-0.4, -0.2) is 5.91 Å². The highest BCUT2D eigenvalue weighted by atomic mass is 16.1. The number of hydrogen-bond acceptors (Lipinski definition) is 1. The molecule has 2 heteroatoms. The Bertz CT molecular complexity index is 558. The number of fused-ring (bicyclic) bond motifs is 1.